The minimum Gasteiger partial charge on any atom is -0.490 e. The minimum absolute atomic E-state index is 0. The second-order valence-corrected chi connectivity index (χ2v) is 8.12. The molecule has 202 valence electrons. The molecule has 2 unspecified atom stereocenters. The van der Waals surface area contributed by atoms with Crippen molar-refractivity contribution in [1.29, 1.82) is 0 Å². The van der Waals surface area contributed by atoms with Crippen LogP contribution in [0, 0.1) is 25.8 Å². The fourth-order valence-corrected chi connectivity index (χ4v) is 3.37. The van der Waals surface area contributed by atoms with Gasteiger partial charge in [-0.05, 0) is 49.4 Å². The van der Waals surface area contributed by atoms with Crippen LogP contribution in [0.4, 0.5) is 0 Å². The number of nitrogens with zero attached hydrogens (tertiary/aromatic N) is 3. The number of hydrogen-bond acceptors (Lipinski definition) is 8. The van der Waals surface area contributed by atoms with Gasteiger partial charge in [-0.3, -0.25) is 11.8 Å². The number of benzene rings is 2. The molecule has 0 radical (unpaired) electrons. The average molecular weight is 774 g/mol. The van der Waals surface area contributed by atoms with Gasteiger partial charge in [0.05, 0.1) is 12.2 Å². The number of aliphatic hydroxyl groups excluding tert-OH is 2. The van der Waals surface area contributed by atoms with Crippen LogP contribution >= 0.6 is 0 Å². The zero-order valence-corrected chi connectivity index (χ0v) is 36.6. The minimum atomic E-state index is -0.488. The summed E-state index contributed by atoms with van der Waals surface area (Å²) in [5, 5.41) is 24.3. The average Bonchev–Trinajstić information content (AvgIpc) is 3.33. The molecule has 2 aromatic carbocycles. The number of rotatable bonds is 6. The molecule has 1 heterocycles. The molecule has 9 nitrogen and oxygen atoms in total. The molecule has 2 atom stereocenters. The summed E-state index contributed by atoms with van der Waals surface area (Å²) in [5.74, 6) is 12.1. The quantitative estimate of drug-likeness (QED) is 0.0515. The molecule has 0 aromatic heterocycles. The number of hydrazine groups is 1. The van der Waals surface area contributed by atoms with Gasteiger partial charge in [0.2, 0.25) is 0 Å². The van der Waals surface area contributed by atoms with Crippen LogP contribution in [0.15, 0.2) is 66.0 Å². The van der Waals surface area contributed by atoms with Gasteiger partial charge < -0.3 is 38.3 Å². The predicted molar refractivity (Wildman–Crippen MR) is 150 cm³/mol. The van der Waals surface area contributed by atoms with E-state index >= 15 is 0 Å². The van der Waals surface area contributed by atoms with Crippen molar-refractivity contribution in [2.45, 2.75) is 44.6 Å². The molecule has 2 aromatic rings. The van der Waals surface area contributed by atoms with Crippen molar-refractivity contribution in [3.63, 3.8) is 0 Å². The Hall–Kier alpha value is 0.264. The van der Waals surface area contributed by atoms with Crippen LogP contribution in [-0.2, 0) is 0 Å². The monoisotopic (exact) mass is 774 g/mol. The van der Waals surface area contributed by atoms with Crippen molar-refractivity contribution in [3.05, 3.63) is 80.5 Å². The summed E-state index contributed by atoms with van der Waals surface area (Å²) >= 11 is 0. The van der Waals surface area contributed by atoms with Gasteiger partial charge in [-0.2, -0.15) is 5.10 Å². The van der Waals surface area contributed by atoms with Crippen LogP contribution in [0.2, 0.25) is 0 Å². The van der Waals surface area contributed by atoms with Crippen LogP contribution in [-0.4, -0.2) is 59.1 Å². The summed E-state index contributed by atoms with van der Waals surface area (Å²) in [6.07, 6.45) is 8.19. The van der Waals surface area contributed by atoms with E-state index in [1.165, 1.54) is 24.8 Å². The maximum absolute atomic E-state index is 9.73. The molecule has 1 aliphatic carbocycles. The summed E-state index contributed by atoms with van der Waals surface area (Å²) in [4.78, 5) is 1.87. The number of hydrazone groups is 1. The van der Waals surface area contributed by atoms with Gasteiger partial charge in [-0.25, -0.2) is 11.0 Å². The van der Waals surface area contributed by atoms with E-state index in [1.54, 1.807) is 20.5 Å². The zero-order chi connectivity index (χ0) is 26.3. The van der Waals surface area contributed by atoms with Gasteiger partial charge in [0.25, 0.3) is 0 Å². The Morgan fingerprint density at radius 1 is 1.13 bits per heavy atom. The molecule has 1 aliphatic heterocycles. The Balaban J connectivity index is 0. The van der Waals surface area contributed by atoms with E-state index in [2.05, 4.69) is 46.5 Å². The largest absolute Gasteiger partial charge is 1.00 e. The van der Waals surface area contributed by atoms with Crippen molar-refractivity contribution in [2.75, 3.05) is 14.2 Å². The number of ether oxygens (including phenoxy) is 1. The standard InChI is InChI=1S/C24H25N2O2.C2H8N4.CH4O.CH3.2Cs/c1-18(27)24-25-15-17-26(24)16-3-4-19-7-9-20(10-8-19)21-11-13-23(14-12-21)28-22-5-2-6-22;1-6(4)5-2-3;1-2;;;/h7-18,22,24-25,27H,2,5-6H2,1H3;2H,4H2,1H3,(H2,3,5);2H,1H3;1H3;;/q-1;;;-1;2*+1. The Kier molecular flexibility index (Phi) is 25.2. The van der Waals surface area contributed by atoms with Crippen LogP contribution in [0.25, 0.3) is 11.1 Å². The molecule has 39 heavy (non-hydrogen) atoms. The molecular weight excluding hydrogens is 734 g/mol. The van der Waals surface area contributed by atoms with Crippen molar-refractivity contribution < 1.29 is 153 Å². The van der Waals surface area contributed by atoms with Crippen LogP contribution in [0.3, 0.4) is 0 Å². The smallest absolute Gasteiger partial charge is 0.490 e. The molecule has 1 saturated carbocycles. The van der Waals surface area contributed by atoms with E-state index in [9.17, 15) is 5.11 Å². The maximum Gasteiger partial charge on any atom is 1.00 e. The fourth-order valence-electron chi connectivity index (χ4n) is 3.37. The Morgan fingerprint density at radius 2 is 1.69 bits per heavy atom. The fraction of sp³-hybridized carbons (Fsp3) is 0.321. The third kappa shape index (κ3) is 15.3. The van der Waals surface area contributed by atoms with Gasteiger partial charge in [0.1, 0.15) is 18.3 Å². The van der Waals surface area contributed by atoms with Gasteiger partial charge in [-0.15, -0.1) is 0 Å². The first-order chi connectivity index (χ1) is 17.5. The van der Waals surface area contributed by atoms with Gasteiger partial charge >= 0.3 is 138 Å². The summed E-state index contributed by atoms with van der Waals surface area (Å²) < 4.78 is 5.92. The Morgan fingerprint density at radius 3 is 2.13 bits per heavy atom. The normalized spacial score (nSPS) is 15.4. The van der Waals surface area contributed by atoms with Gasteiger partial charge in [-0.1, -0.05) is 48.5 Å². The third-order valence-corrected chi connectivity index (χ3v) is 5.40. The first-order valence-corrected chi connectivity index (χ1v) is 11.7. The summed E-state index contributed by atoms with van der Waals surface area (Å²) in [7, 11) is 2.59. The van der Waals surface area contributed by atoms with Crippen LogP contribution < -0.4 is 159 Å². The van der Waals surface area contributed by atoms with E-state index in [4.69, 9.17) is 21.4 Å². The molecule has 0 bridgehead atoms. The SMILES string of the molecule is CC(O)C1NC=CN1[CH-]C#Cc1ccc(-c2ccc(OC3CCC3)cc2)cc1.CN(N)/N=C\N.CO.[CH3-].[Cs+].[Cs+]. The molecular formula is C28H40Cs2N6O3. The second-order valence-electron chi connectivity index (χ2n) is 8.12. The molecule has 11 heteroatoms. The first kappa shape index (κ1) is 41.4. The van der Waals surface area contributed by atoms with Crippen molar-refractivity contribution in [2.24, 2.45) is 16.7 Å². The molecule has 7 N–H and O–H groups in total. The molecule has 2 aliphatic rings. The molecule has 0 amide bonds. The maximum atomic E-state index is 9.73. The Bertz CT molecular complexity index is 1020. The zero-order valence-electron chi connectivity index (χ0n) is 24.1. The van der Waals surface area contributed by atoms with E-state index < -0.39 is 6.10 Å². The van der Waals surface area contributed by atoms with E-state index in [0.717, 1.165) is 35.4 Å². The summed E-state index contributed by atoms with van der Waals surface area (Å²) in [6.45, 7) is 3.53. The molecule has 0 spiro atoms. The summed E-state index contributed by atoms with van der Waals surface area (Å²) in [6, 6.07) is 16.5. The molecule has 4 rings (SSSR count). The third-order valence-electron chi connectivity index (χ3n) is 5.40. The van der Waals surface area contributed by atoms with Crippen LogP contribution in [0.5, 0.6) is 5.75 Å². The topological polar surface area (TPSA) is 133 Å². The summed E-state index contributed by atoms with van der Waals surface area (Å²) in [5.41, 5.74) is 8.09. The van der Waals surface area contributed by atoms with Gasteiger partial charge in [0, 0.05) is 26.6 Å². The molecule has 1 fully saturated rings. The second kappa shape index (κ2) is 23.8. The number of aliphatic hydroxyl groups is 2. The Labute approximate surface area is 352 Å². The van der Waals surface area contributed by atoms with Crippen molar-refractivity contribution in [3.8, 4) is 28.7 Å². The predicted octanol–water partition coefficient (Wildman–Crippen LogP) is -3.36. The molecule has 0 saturated heterocycles. The first-order valence-electron chi connectivity index (χ1n) is 11.7. The van der Waals surface area contributed by atoms with E-state index in [1.807, 2.05) is 41.6 Å². The number of nitrogens with one attached hydrogen (secondary N) is 1. The van der Waals surface area contributed by atoms with Gasteiger partial charge in [0.15, 0.2) is 0 Å². The van der Waals surface area contributed by atoms with E-state index in [0.29, 0.717) is 6.10 Å². The van der Waals surface area contributed by atoms with Crippen LogP contribution in [0.1, 0.15) is 31.7 Å². The van der Waals surface area contributed by atoms with E-state index in [-0.39, 0.29) is 151 Å². The number of nitrogens with two attached hydrogens (primary N) is 2. The van der Waals surface area contributed by atoms with Crippen molar-refractivity contribution >= 4 is 6.34 Å². The van der Waals surface area contributed by atoms with Crippen molar-refractivity contribution in [1.82, 2.24) is 15.3 Å². The number of hydrogen-bond donors (Lipinski definition) is 5.